The van der Waals surface area contributed by atoms with Crippen molar-refractivity contribution in [3.8, 4) is 0 Å². The molecule has 0 fully saturated rings. The van der Waals surface area contributed by atoms with Gasteiger partial charge in [0, 0.05) is 6.61 Å². The normalized spacial score (nSPS) is 16.7. The van der Waals surface area contributed by atoms with E-state index in [1.165, 1.54) is 12.8 Å². The third-order valence-corrected chi connectivity index (χ3v) is 2.55. The fraction of sp³-hybridized carbons (Fsp3) is 1.00. The van der Waals surface area contributed by atoms with Crippen LogP contribution in [0.5, 0.6) is 0 Å². The molecule has 0 aromatic heterocycles. The summed E-state index contributed by atoms with van der Waals surface area (Å²) in [6, 6.07) is 0. The Labute approximate surface area is 90.2 Å². The van der Waals surface area contributed by atoms with Crippen molar-refractivity contribution in [3.05, 3.63) is 0 Å². The maximum atomic E-state index is 5.68. The van der Waals surface area contributed by atoms with E-state index in [1.54, 1.807) is 0 Å². The summed E-state index contributed by atoms with van der Waals surface area (Å²) in [7, 11) is 0. The first kappa shape index (κ1) is 14.0. The fourth-order valence-electron chi connectivity index (χ4n) is 1.74. The minimum atomic E-state index is 0.428. The Morgan fingerprint density at radius 2 is 1.71 bits per heavy atom. The summed E-state index contributed by atoms with van der Waals surface area (Å²) >= 11 is 0. The van der Waals surface area contributed by atoms with Gasteiger partial charge in [-0.05, 0) is 37.5 Å². The van der Waals surface area contributed by atoms with E-state index in [1.807, 2.05) is 0 Å². The molecule has 0 bridgehead atoms. The second-order valence-electron chi connectivity index (χ2n) is 5.75. The molecule has 0 saturated carbocycles. The Morgan fingerprint density at radius 1 is 1.14 bits per heavy atom. The van der Waals surface area contributed by atoms with E-state index in [9.17, 15) is 0 Å². The summed E-state index contributed by atoms with van der Waals surface area (Å²) in [6.07, 6.45) is 4.03. The predicted molar refractivity (Wildman–Crippen MR) is 63.6 cm³/mol. The highest BCUT2D eigenvalue weighted by Crippen LogP contribution is 2.25. The molecule has 0 spiro atoms. The van der Waals surface area contributed by atoms with Crippen LogP contribution in [0, 0.1) is 11.3 Å². The summed E-state index contributed by atoms with van der Waals surface area (Å²) in [5, 5.41) is 0. The van der Waals surface area contributed by atoms with Gasteiger partial charge in [-0.15, -0.1) is 0 Å². The predicted octanol–water partition coefficient (Wildman–Crippen LogP) is 4.26. The lowest BCUT2D eigenvalue weighted by Gasteiger charge is -2.23. The average molecular weight is 200 g/mol. The van der Waals surface area contributed by atoms with Crippen LogP contribution >= 0.6 is 0 Å². The van der Waals surface area contributed by atoms with Gasteiger partial charge < -0.3 is 4.74 Å². The van der Waals surface area contributed by atoms with Gasteiger partial charge >= 0.3 is 0 Å². The van der Waals surface area contributed by atoms with Gasteiger partial charge in [0.25, 0.3) is 0 Å². The first-order valence-corrected chi connectivity index (χ1v) is 5.96. The zero-order chi connectivity index (χ0) is 11.2. The molecule has 0 aliphatic carbocycles. The first-order chi connectivity index (χ1) is 6.35. The van der Waals surface area contributed by atoms with Gasteiger partial charge in [-0.25, -0.2) is 0 Å². The van der Waals surface area contributed by atoms with Gasteiger partial charge in [-0.1, -0.05) is 34.6 Å². The van der Waals surface area contributed by atoms with Crippen LogP contribution in [-0.2, 0) is 4.74 Å². The molecule has 86 valence electrons. The number of hydrogen-bond acceptors (Lipinski definition) is 1. The molecule has 1 nitrogen and oxygen atoms in total. The molecule has 2 atom stereocenters. The van der Waals surface area contributed by atoms with Crippen molar-refractivity contribution in [1.29, 1.82) is 0 Å². The molecule has 1 heteroatoms. The van der Waals surface area contributed by atoms with Gasteiger partial charge in [0.15, 0.2) is 0 Å². The summed E-state index contributed by atoms with van der Waals surface area (Å²) < 4.78 is 5.68. The second-order valence-corrected chi connectivity index (χ2v) is 5.75. The lowest BCUT2D eigenvalue weighted by atomic mass is 9.84. The van der Waals surface area contributed by atoms with Crippen molar-refractivity contribution < 1.29 is 4.74 Å². The number of hydrogen-bond donors (Lipinski definition) is 0. The molecular formula is C13H28O. The monoisotopic (exact) mass is 200 g/mol. The zero-order valence-corrected chi connectivity index (χ0v) is 10.9. The van der Waals surface area contributed by atoms with Crippen molar-refractivity contribution in [2.24, 2.45) is 11.3 Å². The molecule has 0 aromatic carbocycles. The van der Waals surface area contributed by atoms with Crippen LogP contribution in [0.4, 0.5) is 0 Å². The van der Waals surface area contributed by atoms with Crippen LogP contribution in [0.3, 0.4) is 0 Å². The highest BCUT2D eigenvalue weighted by Gasteiger charge is 2.15. The molecule has 0 amide bonds. The van der Waals surface area contributed by atoms with Crippen LogP contribution in [0.25, 0.3) is 0 Å². The standard InChI is InChI=1S/C13H28O/c1-7-12(3)14-9-8-11(2)10-13(4,5)6/h11-12H,7-10H2,1-6H3. The molecule has 0 aliphatic heterocycles. The minimum Gasteiger partial charge on any atom is -0.379 e. The molecule has 14 heavy (non-hydrogen) atoms. The van der Waals surface area contributed by atoms with Crippen LogP contribution in [0.1, 0.15) is 60.8 Å². The van der Waals surface area contributed by atoms with E-state index in [0.717, 1.165) is 18.9 Å². The van der Waals surface area contributed by atoms with Crippen molar-refractivity contribution >= 4 is 0 Å². The van der Waals surface area contributed by atoms with Crippen LogP contribution in [0.2, 0.25) is 0 Å². The summed E-state index contributed by atoms with van der Waals surface area (Å²) in [4.78, 5) is 0. The lowest BCUT2D eigenvalue weighted by Crippen LogP contribution is -2.14. The second kappa shape index (κ2) is 6.44. The maximum absolute atomic E-state index is 5.68. The van der Waals surface area contributed by atoms with Crippen molar-refractivity contribution in [2.75, 3.05) is 6.61 Å². The van der Waals surface area contributed by atoms with Crippen LogP contribution in [-0.4, -0.2) is 12.7 Å². The molecule has 0 N–H and O–H groups in total. The van der Waals surface area contributed by atoms with Gasteiger partial charge in [-0.2, -0.15) is 0 Å². The van der Waals surface area contributed by atoms with E-state index in [2.05, 4.69) is 41.5 Å². The average Bonchev–Trinajstić information content (AvgIpc) is 2.00. The van der Waals surface area contributed by atoms with Gasteiger partial charge in [-0.3, -0.25) is 0 Å². The Morgan fingerprint density at radius 3 is 2.14 bits per heavy atom. The Kier molecular flexibility index (Phi) is 6.43. The smallest absolute Gasteiger partial charge is 0.0544 e. The van der Waals surface area contributed by atoms with Crippen LogP contribution in [0.15, 0.2) is 0 Å². The summed E-state index contributed by atoms with van der Waals surface area (Å²) in [5.41, 5.74) is 0.454. The molecule has 0 rings (SSSR count). The molecule has 0 radical (unpaired) electrons. The van der Waals surface area contributed by atoms with Crippen molar-refractivity contribution in [3.63, 3.8) is 0 Å². The van der Waals surface area contributed by atoms with E-state index in [0.29, 0.717) is 11.5 Å². The molecule has 2 unspecified atom stereocenters. The third kappa shape index (κ3) is 8.55. The Bertz CT molecular complexity index is 135. The maximum Gasteiger partial charge on any atom is 0.0544 e. The largest absolute Gasteiger partial charge is 0.379 e. The van der Waals surface area contributed by atoms with Gasteiger partial charge in [0.1, 0.15) is 0 Å². The lowest BCUT2D eigenvalue weighted by molar-refractivity contribution is 0.0524. The molecule has 0 saturated heterocycles. The summed E-state index contributed by atoms with van der Waals surface area (Å²) in [6.45, 7) is 14.5. The van der Waals surface area contributed by atoms with Crippen molar-refractivity contribution in [2.45, 2.75) is 66.9 Å². The van der Waals surface area contributed by atoms with E-state index in [-0.39, 0.29) is 0 Å². The molecular weight excluding hydrogens is 172 g/mol. The molecule has 0 aliphatic rings. The SMILES string of the molecule is CCC(C)OCCC(C)CC(C)(C)C. The summed E-state index contributed by atoms with van der Waals surface area (Å²) in [5.74, 6) is 0.777. The molecule has 0 aromatic rings. The van der Waals surface area contributed by atoms with E-state index in [4.69, 9.17) is 4.74 Å². The third-order valence-electron chi connectivity index (χ3n) is 2.55. The highest BCUT2D eigenvalue weighted by molar-refractivity contribution is 4.66. The zero-order valence-electron chi connectivity index (χ0n) is 10.9. The number of ether oxygens (including phenoxy) is 1. The van der Waals surface area contributed by atoms with E-state index < -0.39 is 0 Å². The number of rotatable bonds is 6. The highest BCUT2D eigenvalue weighted by atomic mass is 16.5. The fourth-order valence-corrected chi connectivity index (χ4v) is 1.74. The van der Waals surface area contributed by atoms with Crippen molar-refractivity contribution in [1.82, 2.24) is 0 Å². The Hall–Kier alpha value is -0.0400. The Balaban J connectivity index is 3.50. The minimum absolute atomic E-state index is 0.428. The first-order valence-electron chi connectivity index (χ1n) is 5.96. The van der Waals surface area contributed by atoms with Gasteiger partial charge in [0.05, 0.1) is 6.10 Å². The quantitative estimate of drug-likeness (QED) is 0.622. The van der Waals surface area contributed by atoms with Crippen LogP contribution < -0.4 is 0 Å². The van der Waals surface area contributed by atoms with Gasteiger partial charge in [0.2, 0.25) is 0 Å². The topological polar surface area (TPSA) is 9.23 Å². The van der Waals surface area contributed by atoms with E-state index >= 15 is 0 Å². The molecule has 0 heterocycles.